The summed E-state index contributed by atoms with van der Waals surface area (Å²) in [5.41, 5.74) is -0.410. The highest BCUT2D eigenvalue weighted by molar-refractivity contribution is 5.91. The SMILES string of the molecule is Cc1noc([C@]23C[C@H](NC(=O)c4ccco4)CC2CN(C(=O)C(C)C)C3)n1. The van der Waals surface area contributed by atoms with Crippen LogP contribution in [0.25, 0.3) is 0 Å². The molecule has 0 bridgehead atoms. The second-order valence-electron chi connectivity index (χ2n) is 7.96. The molecule has 2 aromatic rings. The van der Waals surface area contributed by atoms with Gasteiger partial charge in [-0.25, -0.2) is 0 Å². The summed E-state index contributed by atoms with van der Waals surface area (Å²) in [6.45, 7) is 6.80. The maximum atomic E-state index is 12.5. The molecular weight excluding hydrogens is 348 g/mol. The molecule has 1 N–H and O–H groups in total. The lowest BCUT2D eigenvalue weighted by atomic mass is 9.80. The normalized spacial score (nSPS) is 27.2. The number of fused-ring (bicyclic) bond motifs is 1. The van der Waals surface area contributed by atoms with E-state index in [1.807, 2.05) is 18.7 Å². The van der Waals surface area contributed by atoms with Gasteiger partial charge in [0.2, 0.25) is 11.8 Å². The molecule has 1 saturated heterocycles. The number of aryl methyl sites for hydroxylation is 1. The van der Waals surface area contributed by atoms with Gasteiger partial charge in [0, 0.05) is 25.0 Å². The van der Waals surface area contributed by atoms with Gasteiger partial charge in [0.25, 0.3) is 5.91 Å². The van der Waals surface area contributed by atoms with E-state index in [4.69, 9.17) is 8.94 Å². The molecule has 3 heterocycles. The van der Waals surface area contributed by atoms with Crippen LogP contribution in [0.1, 0.15) is 49.0 Å². The van der Waals surface area contributed by atoms with Crippen molar-refractivity contribution < 1.29 is 18.5 Å². The van der Waals surface area contributed by atoms with E-state index < -0.39 is 5.41 Å². The largest absolute Gasteiger partial charge is 0.459 e. The lowest BCUT2D eigenvalue weighted by Crippen LogP contribution is -2.40. The maximum Gasteiger partial charge on any atom is 0.287 e. The number of furan rings is 1. The minimum atomic E-state index is -0.410. The highest BCUT2D eigenvalue weighted by atomic mass is 16.5. The number of amides is 2. The molecule has 27 heavy (non-hydrogen) atoms. The lowest BCUT2D eigenvalue weighted by molar-refractivity contribution is -0.133. The molecular formula is C19H24N4O4. The summed E-state index contributed by atoms with van der Waals surface area (Å²) >= 11 is 0. The number of nitrogens with one attached hydrogen (secondary N) is 1. The van der Waals surface area contributed by atoms with E-state index in [2.05, 4.69) is 15.5 Å². The van der Waals surface area contributed by atoms with Gasteiger partial charge < -0.3 is 19.2 Å². The Morgan fingerprint density at radius 1 is 1.41 bits per heavy atom. The van der Waals surface area contributed by atoms with Crippen LogP contribution in [0.15, 0.2) is 27.3 Å². The van der Waals surface area contributed by atoms with Crippen molar-refractivity contribution in [2.45, 2.75) is 45.1 Å². The number of carbonyl (C=O) groups excluding carboxylic acids is 2. The van der Waals surface area contributed by atoms with Crippen LogP contribution in [-0.2, 0) is 10.2 Å². The van der Waals surface area contributed by atoms with Crippen molar-refractivity contribution >= 4 is 11.8 Å². The fourth-order valence-corrected chi connectivity index (χ4v) is 4.51. The molecule has 1 saturated carbocycles. The zero-order valence-corrected chi connectivity index (χ0v) is 15.8. The molecule has 2 amide bonds. The summed E-state index contributed by atoms with van der Waals surface area (Å²) < 4.78 is 10.7. The molecule has 0 spiro atoms. The van der Waals surface area contributed by atoms with Gasteiger partial charge in [0.15, 0.2) is 11.6 Å². The third-order valence-electron chi connectivity index (χ3n) is 5.71. The predicted molar refractivity (Wildman–Crippen MR) is 94.8 cm³/mol. The van der Waals surface area contributed by atoms with Gasteiger partial charge in [0.05, 0.1) is 11.7 Å². The van der Waals surface area contributed by atoms with Crippen molar-refractivity contribution in [3.8, 4) is 0 Å². The molecule has 8 nitrogen and oxygen atoms in total. The number of carbonyl (C=O) groups is 2. The zero-order valence-electron chi connectivity index (χ0n) is 15.8. The van der Waals surface area contributed by atoms with Crippen LogP contribution in [0.5, 0.6) is 0 Å². The van der Waals surface area contributed by atoms with E-state index in [1.165, 1.54) is 6.26 Å². The predicted octanol–water partition coefficient (Wildman–Crippen LogP) is 1.92. The molecule has 2 fully saturated rings. The Balaban J connectivity index is 1.57. The smallest absolute Gasteiger partial charge is 0.287 e. The average molecular weight is 372 g/mol. The third-order valence-corrected chi connectivity index (χ3v) is 5.71. The van der Waals surface area contributed by atoms with Crippen molar-refractivity contribution in [3.63, 3.8) is 0 Å². The van der Waals surface area contributed by atoms with Crippen molar-refractivity contribution in [3.05, 3.63) is 35.9 Å². The number of likely N-dealkylation sites (tertiary alicyclic amines) is 1. The Labute approximate surface area is 157 Å². The van der Waals surface area contributed by atoms with Crippen LogP contribution in [0.4, 0.5) is 0 Å². The molecule has 144 valence electrons. The fraction of sp³-hybridized carbons (Fsp3) is 0.579. The van der Waals surface area contributed by atoms with Crippen molar-refractivity contribution in [2.75, 3.05) is 13.1 Å². The van der Waals surface area contributed by atoms with Gasteiger partial charge >= 0.3 is 0 Å². The summed E-state index contributed by atoms with van der Waals surface area (Å²) in [5.74, 6) is 1.47. The Morgan fingerprint density at radius 2 is 2.22 bits per heavy atom. The molecule has 8 heteroatoms. The first-order chi connectivity index (χ1) is 12.9. The molecule has 2 aromatic heterocycles. The van der Waals surface area contributed by atoms with Crippen LogP contribution in [0.2, 0.25) is 0 Å². The van der Waals surface area contributed by atoms with E-state index in [9.17, 15) is 9.59 Å². The minimum absolute atomic E-state index is 0.0314. The number of hydrogen-bond donors (Lipinski definition) is 1. The van der Waals surface area contributed by atoms with Crippen molar-refractivity contribution in [1.82, 2.24) is 20.4 Å². The van der Waals surface area contributed by atoms with E-state index in [0.717, 1.165) is 6.42 Å². The first kappa shape index (κ1) is 17.8. The van der Waals surface area contributed by atoms with Crippen LogP contribution >= 0.6 is 0 Å². The van der Waals surface area contributed by atoms with Crippen molar-refractivity contribution in [1.29, 1.82) is 0 Å². The average Bonchev–Trinajstić information content (AvgIpc) is 3.36. The standard InChI is InChI=1S/C19H24N4O4/c1-11(2)17(25)23-9-13-7-14(21-16(24)15-5-4-6-26-15)8-19(13,10-23)18-20-12(3)22-27-18/h4-6,11,13-14H,7-10H2,1-3H3,(H,21,24)/t13?,14-,19+/m1/s1. The number of hydrogen-bond acceptors (Lipinski definition) is 6. The Hall–Kier alpha value is -2.64. The monoisotopic (exact) mass is 372 g/mol. The fourth-order valence-electron chi connectivity index (χ4n) is 4.51. The summed E-state index contributed by atoms with van der Waals surface area (Å²) in [5, 5.41) is 7.01. The summed E-state index contributed by atoms with van der Waals surface area (Å²) in [6, 6.07) is 3.30. The zero-order chi connectivity index (χ0) is 19.2. The quantitative estimate of drug-likeness (QED) is 0.880. The Kier molecular flexibility index (Phi) is 4.28. The van der Waals surface area contributed by atoms with Gasteiger partial charge in [-0.05, 0) is 37.8 Å². The minimum Gasteiger partial charge on any atom is -0.459 e. The molecule has 0 aromatic carbocycles. The summed E-state index contributed by atoms with van der Waals surface area (Å²) in [7, 11) is 0. The highest BCUT2D eigenvalue weighted by Gasteiger charge is 2.58. The number of rotatable bonds is 4. The molecule has 1 aliphatic carbocycles. The topological polar surface area (TPSA) is 101 Å². The maximum absolute atomic E-state index is 12.5. The summed E-state index contributed by atoms with van der Waals surface area (Å²) in [6.07, 6.45) is 2.90. The lowest BCUT2D eigenvalue weighted by Gasteiger charge is -2.26. The van der Waals surface area contributed by atoms with E-state index in [0.29, 0.717) is 37.0 Å². The van der Waals surface area contributed by atoms with Crippen LogP contribution in [-0.4, -0.2) is 46.0 Å². The second-order valence-corrected chi connectivity index (χ2v) is 7.96. The van der Waals surface area contributed by atoms with E-state index >= 15 is 0 Å². The third kappa shape index (κ3) is 3.02. The van der Waals surface area contributed by atoms with Gasteiger partial charge in [0.1, 0.15) is 0 Å². The number of aromatic nitrogens is 2. The number of nitrogens with zero attached hydrogens (tertiary/aromatic N) is 3. The van der Waals surface area contributed by atoms with Gasteiger partial charge in [-0.1, -0.05) is 19.0 Å². The van der Waals surface area contributed by atoms with Crippen LogP contribution in [0.3, 0.4) is 0 Å². The first-order valence-corrected chi connectivity index (χ1v) is 9.33. The molecule has 2 aliphatic rings. The summed E-state index contributed by atoms with van der Waals surface area (Å²) in [4.78, 5) is 31.3. The Morgan fingerprint density at radius 3 is 2.85 bits per heavy atom. The van der Waals surface area contributed by atoms with Gasteiger partial charge in [-0.15, -0.1) is 0 Å². The molecule has 1 unspecified atom stereocenters. The molecule has 4 rings (SSSR count). The second kappa shape index (κ2) is 6.51. The van der Waals surface area contributed by atoms with Crippen LogP contribution in [0, 0.1) is 18.8 Å². The van der Waals surface area contributed by atoms with E-state index in [1.54, 1.807) is 19.1 Å². The molecule has 1 aliphatic heterocycles. The first-order valence-electron chi connectivity index (χ1n) is 9.33. The molecule has 3 atom stereocenters. The highest BCUT2D eigenvalue weighted by Crippen LogP contribution is 2.50. The van der Waals surface area contributed by atoms with Gasteiger partial charge in [-0.2, -0.15) is 4.98 Å². The molecule has 0 radical (unpaired) electrons. The van der Waals surface area contributed by atoms with E-state index in [-0.39, 0.29) is 29.7 Å². The van der Waals surface area contributed by atoms with Gasteiger partial charge in [-0.3, -0.25) is 9.59 Å². The van der Waals surface area contributed by atoms with Crippen LogP contribution < -0.4 is 5.32 Å². The Bertz CT molecular complexity index is 844. The van der Waals surface area contributed by atoms with Crippen molar-refractivity contribution in [2.24, 2.45) is 11.8 Å².